The summed E-state index contributed by atoms with van der Waals surface area (Å²) in [5.74, 6) is 0. The van der Waals surface area contributed by atoms with Gasteiger partial charge in [0.2, 0.25) is 0 Å². The van der Waals surface area contributed by atoms with Crippen molar-refractivity contribution in [1.82, 2.24) is 0 Å². The summed E-state index contributed by atoms with van der Waals surface area (Å²) in [6.07, 6.45) is 2.06. The van der Waals surface area contributed by atoms with E-state index < -0.39 is 0 Å². The van der Waals surface area contributed by atoms with E-state index in [1.165, 1.54) is 16.0 Å². The highest BCUT2D eigenvalue weighted by molar-refractivity contribution is 7.98. The summed E-state index contributed by atoms with van der Waals surface area (Å²) in [6.45, 7) is 4.20. The molecule has 0 aromatic heterocycles. The maximum Gasteiger partial charge on any atom is 0.175 e. The lowest BCUT2D eigenvalue weighted by Crippen LogP contribution is -2.19. The van der Waals surface area contributed by atoms with Gasteiger partial charge in [0.15, 0.2) is 5.11 Å². The summed E-state index contributed by atoms with van der Waals surface area (Å²) in [7, 11) is 0. The van der Waals surface area contributed by atoms with E-state index in [1.807, 2.05) is 18.2 Å². The van der Waals surface area contributed by atoms with E-state index in [-0.39, 0.29) is 0 Å². The number of thiocarbonyl (C=S) groups is 1. The first-order chi connectivity index (χ1) is 9.58. The van der Waals surface area contributed by atoms with Gasteiger partial charge in [-0.1, -0.05) is 6.07 Å². The summed E-state index contributed by atoms with van der Waals surface area (Å²) >= 11 is 7.05. The predicted octanol–water partition coefficient (Wildman–Crippen LogP) is 4.83. The fourth-order valence-corrected chi connectivity index (χ4v) is 2.43. The SMILES string of the molecule is CSc1ccc(NC(=S)Nc2ccc(C)c(C)c2)cc1. The van der Waals surface area contributed by atoms with Gasteiger partial charge in [-0.05, 0) is 79.8 Å². The Bertz CT molecular complexity index is 606. The number of thioether (sulfide) groups is 1. The van der Waals surface area contributed by atoms with Gasteiger partial charge in [-0.2, -0.15) is 0 Å². The predicted molar refractivity (Wildman–Crippen MR) is 94.0 cm³/mol. The Kier molecular flexibility index (Phi) is 5.04. The lowest BCUT2D eigenvalue weighted by molar-refractivity contribution is 1.34. The van der Waals surface area contributed by atoms with Gasteiger partial charge in [-0.3, -0.25) is 0 Å². The van der Waals surface area contributed by atoms with E-state index in [2.05, 4.69) is 55.0 Å². The lowest BCUT2D eigenvalue weighted by atomic mass is 10.1. The normalized spacial score (nSPS) is 10.2. The molecule has 104 valence electrons. The minimum atomic E-state index is 0.602. The summed E-state index contributed by atoms with van der Waals surface area (Å²) in [4.78, 5) is 1.24. The van der Waals surface area contributed by atoms with Crippen molar-refractivity contribution in [2.24, 2.45) is 0 Å². The zero-order valence-electron chi connectivity index (χ0n) is 11.9. The topological polar surface area (TPSA) is 24.1 Å². The van der Waals surface area contributed by atoms with Crippen LogP contribution in [0.4, 0.5) is 11.4 Å². The number of rotatable bonds is 3. The van der Waals surface area contributed by atoms with Crippen molar-refractivity contribution in [2.45, 2.75) is 18.7 Å². The first-order valence-corrected chi connectivity index (χ1v) is 8.01. The smallest absolute Gasteiger partial charge is 0.175 e. The van der Waals surface area contributed by atoms with Crippen LogP contribution in [-0.2, 0) is 0 Å². The third-order valence-corrected chi connectivity index (χ3v) is 4.06. The molecule has 2 aromatic carbocycles. The molecule has 0 spiro atoms. The van der Waals surface area contributed by atoms with E-state index in [0.29, 0.717) is 5.11 Å². The number of nitrogens with one attached hydrogen (secondary N) is 2. The molecular formula is C16H18N2S2. The second-order valence-corrected chi connectivity index (χ2v) is 5.89. The fourth-order valence-electron chi connectivity index (χ4n) is 1.79. The average molecular weight is 302 g/mol. The number of hydrogen-bond donors (Lipinski definition) is 2. The van der Waals surface area contributed by atoms with Crippen molar-refractivity contribution in [1.29, 1.82) is 0 Å². The summed E-state index contributed by atoms with van der Waals surface area (Å²) in [5.41, 5.74) is 4.53. The highest BCUT2D eigenvalue weighted by Crippen LogP contribution is 2.18. The molecule has 0 aliphatic carbocycles. The molecule has 0 fully saturated rings. The van der Waals surface area contributed by atoms with Crippen LogP contribution in [0.5, 0.6) is 0 Å². The number of benzene rings is 2. The highest BCUT2D eigenvalue weighted by atomic mass is 32.2. The van der Waals surface area contributed by atoms with Gasteiger partial charge in [0.05, 0.1) is 0 Å². The molecule has 4 heteroatoms. The van der Waals surface area contributed by atoms with E-state index in [0.717, 1.165) is 11.4 Å². The average Bonchev–Trinajstić information content (AvgIpc) is 2.44. The monoisotopic (exact) mass is 302 g/mol. The van der Waals surface area contributed by atoms with Crippen LogP contribution in [0.1, 0.15) is 11.1 Å². The van der Waals surface area contributed by atoms with Crippen LogP contribution in [0.15, 0.2) is 47.4 Å². The largest absolute Gasteiger partial charge is 0.332 e. The molecule has 0 unspecified atom stereocenters. The molecule has 2 nitrogen and oxygen atoms in total. The summed E-state index contributed by atoms with van der Waals surface area (Å²) in [5, 5.41) is 6.99. The number of anilines is 2. The molecule has 0 bridgehead atoms. The van der Waals surface area contributed by atoms with E-state index in [1.54, 1.807) is 11.8 Å². The Hall–Kier alpha value is -1.52. The van der Waals surface area contributed by atoms with Crippen LogP contribution in [0.3, 0.4) is 0 Å². The Morgan fingerprint density at radius 3 is 2.10 bits per heavy atom. The Morgan fingerprint density at radius 2 is 1.50 bits per heavy atom. The molecule has 0 amide bonds. The molecule has 0 heterocycles. The standard InChI is InChI=1S/C16H18N2S2/c1-11-4-5-14(10-12(11)2)18-16(19)17-13-6-8-15(20-3)9-7-13/h4-10H,1-3H3,(H2,17,18,19). The molecule has 2 aromatic rings. The van der Waals surface area contributed by atoms with Gasteiger partial charge in [0.25, 0.3) is 0 Å². The lowest BCUT2D eigenvalue weighted by Gasteiger charge is -2.12. The Balaban J connectivity index is 1.99. The molecule has 0 radical (unpaired) electrons. The fraction of sp³-hybridized carbons (Fsp3) is 0.188. The molecule has 2 N–H and O–H groups in total. The second-order valence-electron chi connectivity index (χ2n) is 4.61. The molecular weight excluding hydrogens is 284 g/mol. The highest BCUT2D eigenvalue weighted by Gasteiger charge is 2.01. The van der Waals surface area contributed by atoms with Crippen molar-refractivity contribution in [3.63, 3.8) is 0 Å². The minimum absolute atomic E-state index is 0.602. The first-order valence-electron chi connectivity index (χ1n) is 6.38. The van der Waals surface area contributed by atoms with Crippen molar-refractivity contribution >= 4 is 40.5 Å². The van der Waals surface area contributed by atoms with E-state index in [4.69, 9.17) is 12.2 Å². The second kappa shape index (κ2) is 6.77. The van der Waals surface area contributed by atoms with Crippen LogP contribution in [-0.4, -0.2) is 11.4 Å². The maximum absolute atomic E-state index is 5.33. The van der Waals surface area contributed by atoms with Crippen LogP contribution in [0.2, 0.25) is 0 Å². The van der Waals surface area contributed by atoms with Crippen LogP contribution >= 0.6 is 24.0 Å². The molecule has 0 aliphatic heterocycles. The molecule has 0 aliphatic rings. The van der Waals surface area contributed by atoms with Crippen molar-refractivity contribution in [2.75, 3.05) is 16.9 Å². The van der Waals surface area contributed by atoms with Crippen molar-refractivity contribution in [3.05, 3.63) is 53.6 Å². The van der Waals surface area contributed by atoms with Gasteiger partial charge in [0, 0.05) is 16.3 Å². The van der Waals surface area contributed by atoms with E-state index >= 15 is 0 Å². The third kappa shape index (κ3) is 3.99. The third-order valence-electron chi connectivity index (χ3n) is 3.11. The molecule has 0 saturated carbocycles. The Morgan fingerprint density at radius 1 is 0.900 bits per heavy atom. The zero-order chi connectivity index (χ0) is 14.5. The van der Waals surface area contributed by atoms with Crippen LogP contribution in [0.25, 0.3) is 0 Å². The maximum atomic E-state index is 5.33. The summed E-state index contributed by atoms with van der Waals surface area (Å²) < 4.78 is 0. The molecule has 20 heavy (non-hydrogen) atoms. The van der Waals surface area contributed by atoms with Gasteiger partial charge < -0.3 is 10.6 Å². The van der Waals surface area contributed by atoms with Crippen LogP contribution in [0, 0.1) is 13.8 Å². The molecule has 2 rings (SSSR count). The zero-order valence-corrected chi connectivity index (χ0v) is 13.5. The van der Waals surface area contributed by atoms with Gasteiger partial charge >= 0.3 is 0 Å². The van der Waals surface area contributed by atoms with E-state index in [9.17, 15) is 0 Å². The molecule has 0 saturated heterocycles. The minimum Gasteiger partial charge on any atom is -0.332 e. The molecule has 0 atom stereocenters. The summed E-state index contributed by atoms with van der Waals surface area (Å²) in [6, 6.07) is 14.4. The van der Waals surface area contributed by atoms with Crippen molar-refractivity contribution in [3.8, 4) is 0 Å². The number of aryl methyl sites for hydroxylation is 2. The van der Waals surface area contributed by atoms with Gasteiger partial charge in [-0.15, -0.1) is 11.8 Å². The number of hydrogen-bond acceptors (Lipinski definition) is 2. The van der Waals surface area contributed by atoms with Gasteiger partial charge in [0.1, 0.15) is 0 Å². The Labute approximate surface area is 130 Å². The first kappa shape index (κ1) is 14.9. The van der Waals surface area contributed by atoms with Crippen LogP contribution < -0.4 is 10.6 Å². The van der Waals surface area contributed by atoms with Gasteiger partial charge in [-0.25, -0.2) is 0 Å². The quantitative estimate of drug-likeness (QED) is 0.626. The van der Waals surface area contributed by atoms with Crippen molar-refractivity contribution < 1.29 is 0 Å².